The molecule has 2 atom stereocenters. The van der Waals surface area contributed by atoms with E-state index in [0.29, 0.717) is 24.3 Å². The molecule has 1 saturated carbocycles. The highest BCUT2D eigenvalue weighted by atomic mass is 32.2. The summed E-state index contributed by atoms with van der Waals surface area (Å²) in [5.41, 5.74) is 0.973. The number of carbonyl (C=O) groups is 2. The molecule has 21 heavy (non-hydrogen) atoms. The predicted octanol–water partition coefficient (Wildman–Crippen LogP) is 2.43. The SMILES string of the molecule is O=C(CSCc1ccc(F)cc1)NC1CCC(C(=O)O)C1. The van der Waals surface area contributed by atoms with Gasteiger partial charge in [0.15, 0.2) is 0 Å². The Labute approximate surface area is 127 Å². The molecule has 0 bridgehead atoms. The Bertz CT molecular complexity index is 506. The maximum Gasteiger partial charge on any atom is 0.306 e. The number of rotatable bonds is 6. The number of aliphatic carboxylic acids is 1. The highest BCUT2D eigenvalue weighted by Crippen LogP contribution is 2.25. The second-order valence-electron chi connectivity index (χ2n) is 5.23. The third-order valence-electron chi connectivity index (χ3n) is 3.56. The molecular formula is C15H18FNO3S. The smallest absolute Gasteiger partial charge is 0.306 e. The van der Waals surface area contributed by atoms with E-state index in [1.165, 1.54) is 23.9 Å². The molecule has 0 aliphatic heterocycles. The molecule has 1 aliphatic rings. The summed E-state index contributed by atoms with van der Waals surface area (Å²) >= 11 is 1.46. The van der Waals surface area contributed by atoms with E-state index in [4.69, 9.17) is 5.11 Å². The number of thioether (sulfide) groups is 1. The Hall–Kier alpha value is -1.56. The zero-order chi connectivity index (χ0) is 15.2. The van der Waals surface area contributed by atoms with Crippen molar-refractivity contribution in [3.05, 3.63) is 35.6 Å². The lowest BCUT2D eigenvalue weighted by molar-refractivity contribution is -0.141. The molecule has 2 unspecified atom stereocenters. The number of carboxylic acids is 1. The molecule has 0 saturated heterocycles. The molecule has 0 radical (unpaired) electrons. The van der Waals surface area contributed by atoms with Crippen molar-refractivity contribution in [2.24, 2.45) is 5.92 Å². The van der Waals surface area contributed by atoms with Crippen molar-refractivity contribution in [3.63, 3.8) is 0 Å². The van der Waals surface area contributed by atoms with Gasteiger partial charge in [-0.15, -0.1) is 11.8 Å². The van der Waals surface area contributed by atoms with E-state index in [9.17, 15) is 14.0 Å². The summed E-state index contributed by atoms with van der Waals surface area (Å²) in [6, 6.07) is 6.19. The molecule has 1 aliphatic carbocycles. The number of nitrogens with one attached hydrogen (secondary N) is 1. The zero-order valence-corrected chi connectivity index (χ0v) is 12.4. The van der Waals surface area contributed by atoms with Crippen LogP contribution < -0.4 is 5.32 Å². The van der Waals surface area contributed by atoms with Gasteiger partial charge in [0, 0.05) is 11.8 Å². The number of carbonyl (C=O) groups excluding carboxylic acids is 1. The second-order valence-corrected chi connectivity index (χ2v) is 6.22. The van der Waals surface area contributed by atoms with Gasteiger partial charge in [0.05, 0.1) is 11.7 Å². The normalized spacial score (nSPS) is 21.2. The monoisotopic (exact) mass is 311 g/mol. The summed E-state index contributed by atoms with van der Waals surface area (Å²) in [5, 5.41) is 11.8. The average molecular weight is 311 g/mol. The van der Waals surface area contributed by atoms with E-state index < -0.39 is 5.97 Å². The topological polar surface area (TPSA) is 66.4 Å². The number of hydrogen-bond acceptors (Lipinski definition) is 3. The first-order valence-electron chi connectivity index (χ1n) is 6.89. The van der Waals surface area contributed by atoms with Crippen LogP contribution in [0.2, 0.25) is 0 Å². The third-order valence-corrected chi connectivity index (χ3v) is 4.57. The summed E-state index contributed by atoms with van der Waals surface area (Å²) in [5.74, 6) is -0.477. The molecule has 1 fully saturated rings. The highest BCUT2D eigenvalue weighted by Gasteiger charge is 2.30. The van der Waals surface area contributed by atoms with Gasteiger partial charge in [0.1, 0.15) is 5.82 Å². The summed E-state index contributed by atoms with van der Waals surface area (Å²) in [6.07, 6.45) is 1.87. The Morgan fingerprint density at radius 1 is 1.29 bits per heavy atom. The minimum atomic E-state index is -0.780. The fourth-order valence-corrected chi connectivity index (χ4v) is 3.25. The quantitative estimate of drug-likeness (QED) is 0.847. The lowest BCUT2D eigenvalue weighted by Gasteiger charge is -2.12. The summed E-state index contributed by atoms with van der Waals surface area (Å²) in [4.78, 5) is 22.6. The van der Waals surface area contributed by atoms with Gasteiger partial charge in [0.25, 0.3) is 0 Å². The summed E-state index contributed by atoms with van der Waals surface area (Å²) in [6.45, 7) is 0. The third kappa shape index (κ3) is 5.04. The minimum Gasteiger partial charge on any atom is -0.481 e. The Morgan fingerprint density at radius 3 is 2.62 bits per heavy atom. The highest BCUT2D eigenvalue weighted by molar-refractivity contribution is 7.99. The van der Waals surface area contributed by atoms with Crippen molar-refractivity contribution < 1.29 is 19.1 Å². The molecule has 4 nitrogen and oxygen atoms in total. The summed E-state index contributed by atoms with van der Waals surface area (Å²) < 4.78 is 12.7. The standard InChI is InChI=1S/C15H18FNO3S/c16-12-4-1-10(2-5-12)8-21-9-14(18)17-13-6-3-11(7-13)15(19)20/h1-2,4-5,11,13H,3,6-9H2,(H,17,18)(H,19,20). The van der Waals surface area contributed by atoms with Crippen molar-refractivity contribution >= 4 is 23.6 Å². The fraction of sp³-hybridized carbons (Fsp3) is 0.467. The van der Waals surface area contributed by atoms with Gasteiger partial charge in [-0.25, -0.2) is 4.39 Å². The van der Waals surface area contributed by atoms with Crippen LogP contribution in [0.3, 0.4) is 0 Å². The van der Waals surface area contributed by atoms with Gasteiger partial charge < -0.3 is 10.4 Å². The van der Waals surface area contributed by atoms with Crippen LogP contribution in [0.25, 0.3) is 0 Å². The van der Waals surface area contributed by atoms with Gasteiger partial charge in [0.2, 0.25) is 5.91 Å². The minimum absolute atomic E-state index is 0.0231. The number of carboxylic acid groups (broad SMARTS) is 1. The lowest BCUT2D eigenvalue weighted by atomic mass is 10.1. The van der Waals surface area contributed by atoms with Crippen LogP contribution in [0.5, 0.6) is 0 Å². The van der Waals surface area contributed by atoms with Crippen LogP contribution in [-0.4, -0.2) is 28.8 Å². The van der Waals surface area contributed by atoms with Crippen LogP contribution in [0.15, 0.2) is 24.3 Å². The number of hydrogen-bond donors (Lipinski definition) is 2. The molecule has 2 rings (SSSR count). The van der Waals surface area contributed by atoms with E-state index in [1.54, 1.807) is 12.1 Å². The van der Waals surface area contributed by atoms with Gasteiger partial charge in [-0.1, -0.05) is 12.1 Å². The number of halogens is 1. The molecule has 1 aromatic rings. The lowest BCUT2D eigenvalue weighted by Crippen LogP contribution is -2.34. The molecule has 1 aromatic carbocycles. The molecule has 2 N–H and O–H groups in total. The van der Waals surface area contributed by atoms with Crippen molar-refractivity contribution in [2.45, 2.75) is 31.1 Å². The van der Waals surface area contributed by atoms with Gasteiger partial charge in [-0.3, -0.25) is 9.59 Å². The average Bonchev–Trinajstić information content (AvgIpc) is 2.90. The molecule has 0 aromatic heterocycles. The van der Waals surface area contributed by atoms with Crippen molar-refractivity contribution in [1.29, 1.82) is 0 Å². The van der Waals surface area contributed by atoms with E-state index in [-0.39, 0.29) is 23.7 Å². The first-order chi connectivity index (χ1) is 10.0. The number of amides is 1. The Morgan fingerprint density at radius 2 is 2.00 bits per heavy atom. The maximum atomic E-state index is 12.7. The first kappa shape index (κ1) is 15.8. The first-order valence-corrected chi connectivity index (χ1v) is 8.04. The van der Waals surface area contributed by atoms with Crippen LogP contribution in [0.1, 0.15) is 24.8 Å². The van der Waals surface area contributed by atoms with E-state index in [1.807, 2.05) is 0 Å². The molecule has 0 spiro atoms. The van der Waals surface area contributed by atoms with Crippen molar-refractivity contribution in [3.8, 4) is 0 Å². The largest absolute Gasteiger partial charge is 0.481 e. The molecule has 0 heterocycles. The predicted molar refractivity (Wildman–Crippen MR) is 79.5 cm³/mol. The number of benzene rings is 1. The fourth-order valence-electron chi connectivity index (χ4n) is 2.45. The zero-order valence-electron chi connectivity index (χ0n) is 11.5. The second kappa shape index (κ2) is 7.45. The van der Waals surface area contributed by atoms with Crippen LogP contribution >= 0.6 is 11.8 Å². The van der Waals surface area contributed by atoms with E-state index >= 15 is 0 Å². The van der Waals surface area contributed by atoms with Crippen molar-refractivity contribution in [2.75, 3.05) is 5.75 Å². The van der Waals surface area contributed by atoms with Crippen LogP contribution in [-0.2, 0) is 15.3 Å². The Balaban J connectivity index is 1.66. The Kier molecular flexibility index (Phi) is 5.61. The van der Waals surface area contributed by atoms with Crippen LogP contribution in [0.4, 0.5) is 4.39 Å². The maximum absolute atomic E-state index is 12.7. The van der Waals surface area contributed by atoms with E-state index in [0.717, 1.165) is 12.0 Å². The molecule has 114 valence electrons. The van der Waals surface area contributed by atoms with Gasteiger partial charge in [-0.2, -0.15) is 0 Å². The van der Waals surface area contributed by atoms with Crippen molar-refractivity contribution in [1.82, 2.24) is 5.32 Å². The molecular weight excluding hydrogens is 293 g/mol. The van der Waals surface area contributed by atoms with Gasteiger partial charge in [-0.05, 0) is 37.0 Å². The molecule has 1 amide bonds. The molecule has 6 heteroatoms. The van der Waals surface area contributed by atoms with E-state index in [2.05, 4.69) is 5.32 Å². The van der Waals surface area contributed by atoms with Gasteiger partial charge >= 0.3 is 5.97 Å². The summed E-state index contributed by atoms with van der Waals surface area (Å²) in [7, 11) is 0. The van der Waals surface area contributed by atoms with Crippen LogP contribution in [0, 0.1) is 11.7 Å².